The summed E-state index contributed by atoms with van der Waals surface area (Å²) in [4.78, 5) is 29.2. The molecule has 0 radical (unpaired) electrons. The van der Waals surface area contributed by atoms with Gasteiger partial charge in [0.15, 0.2) is 5.82 Å². The number of benzene rings is 2. The second kappa shape index (κ2) is 12.4. The quantitative estimate of drug-likeness (QED) is 0.187. The summed E-state index contributed by atoms with van der Waals surface area (Å²) >= 11 is 0. The van der Waals surface area contributed by atoms with Crippen molar-refractivity contribution in [1.82, 2.24) is 19.9 Å². The lowest BCUT2D eigenvalue weighted by atomic mass is 9.95. The summed E-state index contributed by atoms with van der Waals surface area (Å²) in [5.74, 6) is 0.213. The van der Waals surface area contributed by atoms with Gasteiger partial charge in [0.05, 0.1) is 30.7 Å². The molecule has 11 heteroatoms. The molecule has 2 aromatic carbocycles. The molecule has 4 aromatic rings. The van der Waals surface area contributed by atoms with E-state index in [1.807, 2.05) is 36.4 Å². The average Bonchev–Trinajstić information content (AvgIpc) is 3.47. The predicted molar refractivity (Wildman–Crippen MR) is 167 cm³/mol. The number of rotatable bonds is 9. The van der Waals surface area contributed by atoms with Gasteiger partial charge in [0.2, 0.25) is 0 Å². The van der Waals surface area contributed by atoms with Crippen LogP contribution in [-0.4, -0.2) is 90.6 Å². The Bertz CT molecular complexity index is 1720. The van der Waals surface area contributed by atoms with Gasteiger partial charge in [-0.25, -0.2) is 8.78 Å². The molecule has 0 saturated carbocycles. The number of carbonyl (C=O) groups is 1. The summed E-state index contributed by atoms with van der Waals surface area (Å²) in [5, 5.41) is 2.25. The van der Waals surface area contributed by atoms with Crippen molar-refractivity contribution < 1.29 is 27.8 Å². The molecule has 0 N–H and O–H groups in total. The van der Waals surface area contributed by atoms with E-state index < -0.39 is 17.5 Å². The third-order valence-electron chi connectivity index (χ3n) is 9.42. The van der Waals surface area contributed by atoms with Crippen molar-refractivity contribution >= 4 is 34.0 Å². The number of carbonyl (C=O) groups excluding carboxylic acids is 1. The van der Waals surface area contributed by atoms with E-state index in [9.17, 15) is 9.18 Å². The lowest BCUT2D eigenvalue weighted by Crippen LogP contribution is -2.43. The van der Waals surface area contributed by atoms with E-state index >= 15 is 4.39 Å². The summed E-state index contributed by atoms with van der Waals surface area (Å²) in [6, 6.07) is 11.6. The van der Waals surface area contributed by atoms with Crippen LogP contribution >= 0.6 is 0 Å². The van der Waals surface area contributed by atoms with Gasteiger partial charge in [0.1, 0.15) is 29.8 Å². The Labute approximate surface area is 260 Å². The zero-order chi connectivity index (χ0) is 31.0. The molecule has 2 aromatic heterocycles. The Hall–Kier alpha value is -3.96. The molecule has 3 aliphatic rings. The van der Waals surface area contributed by atoms with Gasteiger partial charge in [-0.15, -0.1) is 0 Å². The fourth-order valence-electron chi connectivity index (χ4n) is 7.38. The Morgan fingerprint density at radius 1 is 1.16 bits per heavy atom. The fraction of sp³-hybridized carbons (Fsp3) is 0.471. The van der Waals surface area contributed by atoms with Crippen molar-refractivity contribution in [2.45, 2.75) is 44.3 Å². The fourth-order valence-corrected chi connectivity index (χ4v) is 7.38. The van der Waals surface area contributed by atoms with Crippen LogP contribution in [0.5, 0.6) is 6.01 Å². The summed E-state index contributed by atoms with van der Waals surface area (Å²) in [5.41, 5.74) is 1.43. The highest BCUT2D eigenvalue weighted by Gasteiger charge is 2.49. The monoisotopic (exact) mass is 617 g/mol. The van der Waals surface area contributed by atoms with E-state index in [0.717, 1.165) is 35.7 Å². The Balaban J connectivity index is 1.33. The molecular formula is C34H37F2N5O4. The number of halogens is 2. The summed E-state index contributed by atoms with van der Waals surface area (Å²) in [7, 11) is 0. The van der Waals surface area contributed by atoms with Crippen molar-refractivity contribution in [3.8, 4) is 17.3 Å². The first kappa shape index (κ1) is 29.7. The molecule has 3 fully saturated rings. The molecule has 45 heavy (non-hydrogen) atoms. The van der Waals surface area contributed by atoms with Crippen LogP contribution in [0.25, 0.3) is 32.9 Å². The molecule has 9 nitrogen and oxygen atoms in total. The van der Waals surface area contributed by atoms with E-state index in [-0.39, 0.29) is 36.4 Å². The number of hydrogen-bond acceptors (Lipinski definition) is 9. The van der Waals surface area contributed by atoms with Crippen LogP contribution in [0, 0.1) is 11.7 Å². The first-order valence-electron chi connectivity index (χ1n) is 15.7. The van der Waals surface area contributed by atoms with Crippen molar-refractivity contribution in [2.24, 2.45) is 5.92 Å². The van der Waals surface area contributed by atoms with Crippen LogP contribution in [0.2, 0.25) is 0 Å². The lowest BCUT2D eigenvalue weighted by molar-refractivity contribution is -0.128. The van der Waals surface area contributed by atoms with E-state index in [2.05, 4.69) is 26.7 Å². The molecule has 0 amide bonds. The second-order valence-corrected chi connectivity index (χ2v) is 12.5. The minimum absolute atomic E-state index is 0.0690. The number of anilines is 1. The third-order valence-corrected chi connectivity index (χ3v) is 9.42. The number of aromatic nitrogens is 3. The van der Waals surface area contributed by atoms with Crippen LogP contribution in [0.3, 0.4) is 0 Å². The highest BCUT2D eigenvalue weighted by atomic mass is 19.1. The van der Waals surface area contributed by atoms with Gasteiger partial charge < -0.3 is 19.1 Å². The van der Waals surface area contributed by atoms with Crippen molar-refractivity contribution in [3.05, 3.63) is 54.0 Å². The largest absolute Gasteiger partial charge is 0.468 e. The molecule has 0 aliphatic carbocycles. The minimum atomic E-state index is -0.887. The van der Waals surface area contributed by atoms with Gasteiger partial charge in [-0.3, -0.25) is 14.7 Å². The van der Waals surface area contributed by atoms with Crippen molar-refractivity contribution in [2.75, 3.05) is 57.5 Å². The topological polar surface area (TPSA) is 89.9 Å². The molecule has 3 atom stereocenters. The third kappa shape index (κ3) is 5.68. The summed E-state index contributed by atoms with van der Waals surface area (Å²) in [6.45, 7) is 6.64. The Morgan fingerprint density at radius 3 is 2.89 bits per heavy atom. The van der Waals surface area contributed by atoms with Crippen LogP contribution < -0.4 is 9.64 Å². The van der Waals surface area contributed by atoms with E-state index in [1.165, 1.54) is 0 Å². The molecule has 3 saturated heterocycles. The first-order chi connectivity index (χ1) is 22.0. The molecule has 3 aliphatic heterocycles. The van der Waals surface area contributed by atoms with Crippen molar-refractivity contribution in [1.29, 1.82) is 0 Å². The molecule has 7 rings (SSSR count). The minimum Gasteiger partial charge on any atom is -0.468 e. The first-order valence-corrected chi connectivity index (χ1v) is 15.7. The van der Waals surface area contributed by atoms with Crippen LogP contribution in [0.4, 0.5) is 14.6 Å². The highest BCUT2D eigenvalue weighted by Crippen LogP contribution is 2.41. The van der Waals surface area contributed by atoms with E-state index in [4.69, 9.17) is 19.2 Å². The number of alkyl halides is 1. The van der Waals surface area contributed by atoms with Gasteiger partial charge in [-0.05, 0) is 41.6 Å². The number of fused-ring (bicyclic) bond motifs is 3. The summed E-state index contributed by atoms with van der Waals surface area (Å²) in [6.07, 6.45) is 3.48. The molecular weight excluding hydrogens is 580 g/mol. The van der Waals surface area contributed by atoms with Crippen molar-refractivity contribution in [3.63, 3.8) is 0 Å². The molecule has 5 heterocycles. The number of pyridine rings is 1. The normalized spacial score (nSPS) is 23.8. The maximum Gasteiger partial charge on any atom is 0.319 e. The zero-order valence-electron chi connectivity index (χ0n) is 25.4. The zero-order valence-corrected chi connectivity index (χ0v) is 25.4. The van der Waals surface area contributed by atoms with Crippen LogP contribution in [-0.2, 0) is 20.7 Å². The maximum absolute atomic E-state index is 16.8. The summed E-state index contributed by atoms with van der Waals surface area (Å²) < 4.78 is 48.3. The maximum atomic E-state index is 16.8. The highest BCUT2D eigenvalue weighted by molar-refractivity contribution is 6.00. The van der Waals surface area contributed by atoms with Gasteiger partial charge in [-0.2, -0.15) is 9.97 Å². The Kier molecular flexibility index (Phi) is 8.22. The van der Waals surface area contributed by atoms with Gasteiger partial charge >= 0.3 is 6.01 Å². The van der Waals surface area contributed by atoms with Crippen LogP contribution in [0.15, 0.2) is 42.6 Å². The number of ether oxygens (including phenoxy) is 3. The van der Waals surface area contributed by atoms with Gasteiger partial charge in [0.25, 0.3) is 6.47 Å². The molecule has 236 valence electrons. The lowest BCUT2D eigenvalue weighted by Gasteiger charge is -2.31. The number of nitrogens with zero attached hydrogens (tertiary/aromatic N) is 5. The van der Waals surface area contributed by atoms with Crippen LogP contribution in [0.1, 0.15) is 31.7 Å². The average molecular weight is 618 g/mol. The smallest absolute Gasteiger partial charge is 0.319 e. The number of hydrogen-bond donors (Lipinski definition) is 0. The second-order valence-electron chi connectivity index (χ2n) is 12.5. The Morgan fingerprint density at radius 2 is 2.02 bits per heavy atom. The van der Waals surface area contributed by atoms with E-state index in [0.29, 0.717) is 68.9 Å². The van der Waals surface area contributed by atoms with E-state index in [1.54, 1.807) is 6.20 Å². The SMILES string of the molecule is CC1COCCN(c2nc(OC[C@@]34CCCN3C[C@H](F)C4)nc3c(F)c(-c4cccc5cccc(CCOC=O)c45)ncc23)C1. The standard InChI is InChI=1S/C34H37F2N5O4/c1-22-17-40(12-14-43-19-22)32-27-16-37-30(26-8-3-7-23-5-2-6-24(28(23)26)9-13-44-21-42)29(36)31(27)38-33(39-32)45-20-34-10-4-11-41(34)18-25(35)15-34/h2-3,5-8,16,21-22,25H,4,9-15,17-20H2,1H3/t22?,25-,34+/m1/s1. The molecule has 0 spiro atoms. The van der Waals surface area contributed by atoms with Gasteiger partial charge in [0, 0.05) is 44.2 Å². The molecule has 1 unspecified atom stereocenters. The predicted octanol–water partition coefficient (Wildman–Crippen LogP) is 5.13. The van der Waals surface area contributed by atoms with Gasteiger partial charge in [-0.1, -0.05) is 43.3 Å². The molecule has 0 bridgehead atoms.